The van der Waals surface area contributed by atoms with Gasteiger partial charge in [0.05, 0.1) is 25.3 Å². The SMILES string of the molecule is COc1ccc(C#Cc2cnccc2C(=O)CCC(=O)N2CC(F)(F)C[C@H]2C#N)cn1. The predicted octanol–water partition coefficient (Wildman–Crippen LogP) is 2.61. The zero-order chi connectivity index (χ0) is 22.4. The second kappa shape index (κ2) is 9.31. The van der Waals surface area contributed by atoms with E-state index in [1.807, 2.05) is 0 Å². The molecule has 7 nitrogen and oxygen atoms in total. The number of hydrogen-bond donors (Lipinski definition) is 0. The Kier molecular flexibility index (Phi) is 6.56. The number of carbonyl (C=O) groups excluding carboxylic acids is 2. The van der Waals surface area contributed by atoms with Gasteiger partial charge < -0.3 is 9.64 Å². The van der Waals surface area contributed by atoms with Crippen molar-refractivity contribution in [2.45, 2.75) is 31.2 Å². The summed E-state index contributed by atoms with van der Waals surface area (Å²) >= 11 is 0. The normalized spacial score (nSPS) is 16.7. The summed E-state index contributed by atoms with van der Waals surface area (Å²) in [5.74, 6) is 2.09. The number of halogens is 2. The molecule has 0 bridgehead atoms. The highest BCUT2D eigenvalue weighted by molar-refractivity contribution is 6.00. The fourth-order valence-corrected chi connectivity index (χ4v) is 3.14. The Morgan fingerprint density at radius 1 is 1.26 bits per heavy atom. The molecule has 1 fully saturated rings. The highest BCUT2D eigenvalue weighted by atomic mass is 19.3. The minimum absolute atomic E-state index is 0.193. The molecule has 0 N–H and O–H groups in total. The van der Waals surface area contributed by atoms with E-state index in [2.05, 4.69) is 21.8 Å². The van der Waals surface area contributed by atoms with Gasteiger partial charge in [0.1, 0.15) is 6.04 Å². The molecule has 158 valence electrons. The summed E-state index contributed by atoms with van der Waals surface area (Å²) in [4.78, 5) is 33.8. The van der Waals surface area contributed by atoms with Crippen molar-refractivity contribution in [1.82, 2.24) is 14.9 Å². The van der Waals surface area contributed by atoms with Crippen molar-refractivity contribution in [2.24, 2.45) is 0 Å². The van der Waals surface area contributed by atoms with Gasteiger partial charge in [-0.15, -0.1) is 0 Å². The molecule has 1 aliphatic rings. The van der Waals surface area contributed by atoms with E-state index >= 15 is 0 Å². The van der Waals surface area contributed by atoms with Gasteiger partial charge >= 0.3 is 0 Å². The van der Waals surface area contributed by atoms with E-state index in [1.54, 1.807) is 18.2 Å². The van der Waals surface area contributed by atoms with Gasteiger partial charge in [0.25, 0.3) is 5.92 Å². The Hall–Kier alpha value is -3.85. The molecular formula is C22H18F2N4O3. The number of aromatic nitrogens is 2. The van der Waals surface area contributed by atoms with Crippen molar-refractivity contribution in [2.75, 3.05) is 13.7 Å². The van der Waals surface area contributed by atoms with Crippen molar-refractivity contribution in [3.8, 4) is 23.8 Å². The Labute approximate surface area is 177 Å². The molecule has 1 saturated heterocycles. The van der Waals surface area contributed by atoms with Crippen LogP contribution in [-0.4, -0.2) is 52.2 Å². The molecule has 0 aromatic carbocycles. The largest absolute Gasteiger partial charge is 0.481 e. The molecule has 2 aromatic rings. The number of amides is 1. The van der Waals surface area contributed by atoms with Crippen LogP contribution < -0.4 is 4.74 Å². The molecule has 9 heteroatoms. The molecule has 1 amide bonds. The van der Waals surface area contributed by atoms with E-state index in [0.29, 0.717) is 17.0 Å². The number of rotatable bonds is 5. The van der Waals surface area contributed by atoms with Crippen molar-refractivity contribution >= 4 is 11.7 Å². The van der Waals surface area contributed by atoms with Gasteiger partial charge in [0.2, 0.25) is 11.8 Å². The molecule has 0 saturated carbocycles. The van der Waals surface area contributed by atoms with Crippen LogP contribution >= 0.6 is 0 Å². The van der Waals surface area contributed by atoms with Gasteiger partial charge in [0.15, 0.2) is 5.78 Å². The third-order valence-electron chi connectivity index (χ3n) is 4.71. The zero-order valence-corrected chi connectivity index (χ0v) is 16.6. The van der Waals surface area contributed by atoms with E-state index in [-0.39, 0.29) is 24.2 Å². The third kappa shape index (κ3) is 5.40. The quantitative estimate of drug-likeness (QED) is 0.541. The molecule has 0 spiro atoms. The van der Waals surface area contributed by atoms with Gasteiger partial charge in [-0.1, -0.05) is 11.8 Å². The number of pyridine rings is 2. The maximum atomic E-state index is 13.5. The lowest BCUT2D eigenvalue weighted by Gasteiger charge is -2.18. The van der Waals surface area contributed by atoms with Crippen LogP contribution in [0.2, 0.25) is 0 Å². The van der Waals surface area contributed by atoms with E-state index in [1.165, 1.54) is 31.8 Å². The summed E-state index contributed by atoms with van der Waals surface area (Å²) in [5.41, 5.74) is 1.26. The maximum Gasteiger partial charge on any atom is 0.268 e. The topological polar surface area (TPSA) is 96.2 Å². The summed E-state index contributed by atoms with van der Waals surface area (Å²) in [7, 11) is 1.50. The van der Waals surface area contributed by atoms with E-state index in [0.717, 1.165) is 4.90 Å². The molecule has 1 aliphatic heterocycles. The average Bonchev–Trinajstić information content (AvgIpc) is 3.11. The van der Waals surface area contributed by atoms with Gasteiger partial charge in [-0.25, -0.2) is 13.8 Å². The van der Waals surface area contributed by atoms with E-state index in [4.69, 9.17) is 10.00 Å². The molecule has 0 unspecified atom stereocenters. The lowest BCUT2D eigenvalue weighted by Crippen LogP contribution is -2.36. The Balaban J connectivity index is 1.68. The first-order chi connectivity index (χ1) is 14.8. The van der Waals surface area contributed by atoms with Crippen molar-refractivity contribution < 1.29 is 23.1 Å². The third-order valence-corrected chi connectivity index (χ3v) is 4.71. The molecule has 3 rings (SSSR count). The Morgan fingerprint density at radius 2 is 2.06 bits per heavy atom. The predicted molar refractivity (Wildman–Crippen MR) is 105 cm³/mol. The fourth-order valence-electron chi connectivity index (χ4n) is 3.14. The molecular weight excluding hydrogens is 406 g/mol. The van der Waals surface area contributed by atoms with Crippen LogP contribution in [0.3, 0.4) is 0 Å². The second-order valence-electron chi connectivity index (χ2n) is 6.91. The number of methoxy groups -OCH3 is 1. The monoisotopic (exact) mass is 424 g/mol. The van der Waals surface area contributed by atoms with Crippen LogP contribution in [0.15, 0.2) is 36.8 Å². The van der Waals surface area contributed by atoms with Crippen molar-refractivity contribution in [3.63, 3.8) is 0 Å². The standard InChI is InChI=1S/C22H18F2N4O3/c1-31-20-6-3-15(12-27-20)2-4-16-13-26-9-8-18(16)19(29)5-7-21(30)28-14-22(23,24)10-17(28)11-25/h3,6,8-9,12-13,17H,5,7,10,14H2,1H3/t17-/m0/s1. The van der Waals surface area contributed by atoms with Crippen LogP contribution in [-0.2, 0) is 4.79 Å². The average molecular weight is 424 g/mol. The van der Waals surface area contributed by atoms with Gasteiger partial charge in [-0.05, 0) is 12.1 Å². The number of nitrogens with zero attached hydrogens (tertiary/aromatic N) is 4. The Bertz CT molecular complexity index is 1080. The summed E-state index contributed by atoms with van der Waals surface area (Å²) < 4.78 is 32.0. The van der Waals surface area contributed by atoms with E-state index in [9.17, 15) is 18.4 Å². The number of Topliss-reactive ketones (excluding diaryl/α,β-unsaturated/α-hetero) is 1. The van der Waals surface area contributed by atoms with Crippen molar-refractivity contribution in [1.29, 1.82) is 5.26 Å². The highest BCUT2D eigenvalue weighted by Crippen LogP contribution is 2.32. The summed E-state index contributed by atoms with van der Waals surface area (Å²) in [6.07, 6.45) is 3.24. The van der Waals surface area contributed by atoms with Gasteiger partial charge in [-0.3, -0.25) is 14.6 Å². The summed E-state index contributed by atoms with van der Waals surface area (Å²) in [5, 5.41) is 9.01. The number of alkyl halides is 2. The lowest BCUT2D eigenvalue weighted by molar-refractivity contribution is -0.132. The number of likely N-dealkylation sites (tertiary alicyclic amines) is 1. The minimum Gasteiger partial charge on any atom is -0.481 e. The zero-order valence-electron chi connectivity index (χ0n) is 16.6. The van der Waals surface area contributed by atoms with Crippen LogP contribution in [0.25, 0.3) is 0 Å². The number of hydrogen-bond acceptors (Lipinski definition) is 6. The number of ketones is 1. The minimum atomic E-state index is -3.09. The molecule has 2 aromatic heterocycles. The smallest absolute Gasteiger partial charge is 0.268 e. The fraction of sp³-hybridized carbons (Fsp3) is 0.318. The van der Waals surface area contributed by atoms with Gasteiger partial charge in [-0.2, -0.15) is 5.26 Å². The Morgan fingerprint density at radius 3 is 2.74 bits per heavy atom. The van der Waals surface area contributed by atoms with Crippen LogP contribution in [0.5, 0.6) is 5.88 Å². The van der Waals surface area contributed by atoms with Crippen LogP contribution in [0.1, 0.15) is 40.7 Å². The summed E-state index contributed by atoms with van der Waals surface area (Å²) in [6, 6.07) is 5.40. The first-order valence-corrected chi connectivity index (χ1v) is 9.39. The number of nitriles is 1. The molecule has 3 heterocycles. The highest BCUT2D eigenvalue weighted by Gasteiger charge is 2.47. The van der Waals surface area contributed by atoms with Crippen molar-refractivity contribution in [3.05, 3.63) is 53.5 Å². The number of carbonyl (C=O) groups is 2. The first kappa shape index (κ1) is 21.8. The second-order valence-corrected chi connectivity index (χ2v) is 6.91. The molecule has 0 radical (unpaired) electrons. The molecule has 1 atom stereocenters. The first-order valence-electron chi connectivity index (χ1n) is 9.39. The van der Waals surface area contributed by atoms with Crippen LogP contribution in [0, 0.1) is 23.2 Å². The lowest BCUT2D eigenvalue weighted by atomic mass is 10.0. The van der Waals surface area contributed by atoms with E-state index < -0.39 is 30.8 Å². The number of ether oxygens (including phenoxy) is 1. The summed E-state index contributed by atoms with van der Waals surface area (Å²) in [6.45, 7) is -0.805. The molecule has 31 heavy (non-hydrogen) atoms. The molecule has 0 aliphatic carbocycles. The maximum absolute atomic E-state index is 13.5. The van der Waals surface area contributed by atoms with Crippen LogP contribution in [0.4, 0.5) is 8.78 Å². The van der Waals surface area contributed by atoms with Gasteiger partial charge in [0, 0.05) is 55.0 Å².